The lowest BCUT2D eigenvalue weighted by molar-refractivity contribution is 0.708. The normalized spacial score (nSPS) is 49.2. The van der Waals surface area contributed by atoms with E-state index < -0.39 is 0 Å². The molecule has 1 saturated heterocycles. The lowest BCUT2D eigenvalue weighted by Gasteiger charge is -1.98. The lowest BCUT2D eigenvalue weighted by Crippen LogP contribution is -1.80. The average molecular weight is 72.1 g/mol. The summed E-state index contributed by atoms with van der Waals surface area (Å²) in [4.78, 5) is 0. The molecule has 0 aromatic heterocycles. The van der Waals surface area contributed by atoms with Gasteiger partial charge in [0.2, 0.25) is 0 Å². The molecular weight excluding hydrogens is 66.0 g/mol. The Morgan fingerprint density at radius 2 is 2.20 bits per heavy atom. The summed E-state index contributed by atoms with van der Waals surface area (Å²) < 4.78 is 0. The largest absolute Gasteiger partial charge is 0.785 e. The molecule has 0 aromatic carbocycles. The van der Waals surface area contributed by atoms with E-state index in [0.29, 0.717) is 6.04 Å². The number of nitrogens with zero attached hydrogens (tertiary/aromatic N) is 1. The zero-order chi connectivity index (χ0) is 3.86. The molecule has 0 saturated carbocycles. The highest BCUT2D eigenvalue weighted by molar-refractivity contribution is 4.84. The van der Waals surface area contributed by atoms with Crippen LogP contribution in [0.5, 0.6) is 0 Å². The van der Waals surface area contributed by atoms with Gasteiger partial charge in [-0.15, -0.1) is 0 Å². The Morgan fingerprint density at radius 1 is 2.00 bits per heavy atom. The molecule has 1 rings (SSSR count). The Balaban J connectivity index is 2.20. The molecule has 30 valence electrons. The third-order valence-corrected chi connectivity index (χ3v) is 0.802. The van der Waals surface area contributed by atoms with Crippen molar-refractivity contribution in [3.8, 4) is 0 Å². The summed E-state index contributed by atoms with van der Waals surface area (Å²) in [6, 6.07) is 0.329. The highest BCUT2D eigenvalue weighted by atomic mass is 16.5. The Labute approximate surface area is 31.0 Å². The standard InChI is InChI=1S/C3H6NO/c1-3-2-4(3)5/h3H,2H2,1H3/q-1/t3-,4?/m1/s1. The Bertz CT molecular complexity index is 40.2. The third kappa shape index (κ3) is 0.412. The predicted molar refractivity (Wildman–Crippen MR) is 19.5 cm³/mol. The van der Waals surface area contributed by atoms with Crippen LogP contribution in [0.15, 0.2) is 0 Å². The number of hydrogen-bond donors (Lipinski definition) is 0. The Hall–Kier alpha value is -0.0800. The number of rotatable bonds is 0. The van der Waals surface area contributed by atoms with E-state index in [2.05, 4.69) is 0 Å². The molecule has 0 N–H and O–H groups in total. The van der Waals surface area contributed by atoms with Crippen LogP contribution in [0.2, 0.25) is 0 Å². The average Bonchev–Trinajstić information content (AvgIpc) is 1.79. The first kappa shape index (κ1) is 3.12. The van der Waals surface area contributed by atoms with Crippen molar-refractivity contribution in [3.63, 3.8) is 0 Å². The van der Waals surface area contributed by atoms with Gasteiger partial charge < -0.3 is 10.3 Å². The molecule has 0 amide bonds. The Morgan fingerprint density at radius 3 is 2.20 bits per heavy atom. The van der Waals surface area contributed by atoms with Crippen LogP contribution in [0.3, 0.4) is 0 Å². The molecule has 0 aromatic rings. The maximum Gasteiger partial charge on any atom is 0.00660 e. The van der Waals surface area contributed by atoms with Crippen LogP contribution in [0, 0.1) is 5.21 Å². The maximum atomic E-state index is 9.80. The van der Waals surface area contributed by atoms with Crippen LogP contribution in [0.25, 0.3) is 0 Å². The molecular formula is C3H6NO-. The van der Waals surface area contributed by atoms with Crippen LogP contribution in [-0.4, -0.2) is 17.6 Å². The predicted octanol–water partition coefficient (Wildman–Crippen LogP) is 0.188. The van der Waals surface area contributed by atoms with Crippen LogP contribution < -0.4 is 0 Å². The lowest BCUT2D eigenvalue weighted by atomic mass is 10.6. The Kier molecular flexibility index (Phi) is 0.436. The summed E-state index contributed by atoms with van der Waals surface area (Å²) in [6.45, 7) is 2.66. The summed E-state index contributed by atoms with van der Waals surface area (Å²) in [5, 5.41) is 10.8. The molecule has 1 aliphatic rings. The van der Waals surface area contributed by atoms with E-state index in [1.807, 2.05) is 6.92 Å². The van der Waals surface area contributed by atoms with Crippen LogP contribution >= 0.6 is 0 Å². The molecule has 1 unspecified atom stereocenters. The SMILES string of the molecule is C[C@@H]1CN1[O-]. The fourth-order valence-corrected chi connectivity index (χ4v) is 0.213. The first-order chi connectivity index (χ1) is 2.30. The first-order valence-corrected chi connectivity index (χ1v) is 1.74. The summed E-state index contributed by atoms with van der Waals surface area (Å²) in [6.07, 6.45) is 0. The van der Waals surface area contributed by atoms with E-state index in [4.69, 9.17) is 0 Å². The van der Waals surface area contributed by atoms with E-state index in [9.17, 15) is 5.21 Å². The van der Waals surface area contributed by atoms with Gasteiger partial charge in [-0.2, -0.15) is 0 Å². The molecule has 1 heterocycles. The molecule has 5 heavy (non-hydrogen) atoms. The van der Waals surface area contributed by atoms with Crippen molar-refractivity contribution in [3.05, 3.63) is 5.21 Å². The molecule has 0 aliphatic carbocycles. The highest BCUT2D eigenvalue weighted by Crippen LogP contribution is 2.10. The molecule has 0 radical (unpaired) electrons. The van der Waals surface area contributed by atoms with Gasteiger partial charge in [0.25, 0.3) is 0 Å². The van der Waals surface area contributed by atoms with Gasteiger partial charge in [-0.05, 0) is 6.92 Å². The van der Waals surface area contributed by atoms with Gasteiger partial charge in [0.1, 0.15) is 0 Å². The molecule has 1 aliphatic heterocycles. The van der Waals surface area contributed by atoms with Crippen LogP contribution in [-0.2, 0) is 0 Å². The molecule has 0 bridgehead atoms. The van der Waals surface area contributed by atoms with Gasteiger partial charge in [-0.3, -0.25) is 0 Å². The molecule has 2 nitrogen and oxygen atoms in total. The van der Waals surface area contributed by atoms with Gasteiger partial charge in [0.15, 0.2) is 0 Å². The van der Waals surface area contributed by atoms with Crippen molar-refractivity contribution < 1.29 is 0 Å². The second-order valence-electron chi connectivity index (χ2n) is 1.45. The van der Waals surface area contributed by atoms with Crippen molar-refractivity contribution in [2.45, 2.75) is 13.0 Å². The first-order valence-electron chi connectivity index (χ1n) is 1.74. The van der Waals surface area contributed by atoms with Gasteiger partial charge in [0.05, 0.1) is 0 Å². The molecule has 2 heteroatoms. The minimum absolute atomic E-state index is 0.329. The van der Waals surface area contributed by atoms with Crippen molar-refractivity contribution in [1.29, 1.82) is 0 Å². The van der Waals surface area contributed by atoms with Crippen molar-refractivity contribution >= 4 is 0 Å². The van der Waals surface area contributed by atoms with E-state index in [0.717, 1.165) is 11.6 Å². The zero-order valence-corrected chi connectivity index (χ0v) is 3.14. The van der Waals surface area contributed by atoms with Gasteiger partial charge in [-0.1, -0.05) is 0 Å². The van der Waals surface area contributed by atoms with Crippen molar-refractivity contribution in [2.75, 3.05) is 6.54 Å². The highest BCUT2D eigenvalue weighted by Gasteiger charge is 2.16. The molecule has 0 spiro atoms. The zero-order valence-electron chi connectivity index (χ0n) is 3.14. The van der Waals surface area contributed by atoms with Crippen LogP contribution in [0.1, 0.15) is 6.92 Å². The van der Waals surface area contributed by atoms with Crippen molar-refractivity contribution in [2.24, 2.45) is 0 Å². The van der Waals surface area contributed by atoms with E-state index >= 15 is 0 Å². The molecule has 1 fully saturated rings. The van der Waals surface area contributed by atoms with E-state index in [1.165, 1.54) is 0 Å². The fraction of sp³-hybridized carbons (Fsp3) is 1.00. The third-order valence-electron chi connectivity index (χ3n) is 0.802. The van der Waals surface area contributed by atoms with E-state index in [1.54, 1.807) is 0 Å². The minimum Gasteiger partial charge on any atom is -0.785 e. The van der Waals surface area contributed by atoms with E-state index in [-0.39, 0.29) is 0 Å². The second-order valence-corrected chi connectivity index (χ2v) is 1.45. The van der Waals surface area contributed by atoms with Gasteiger partial charge in [-0.25, -0.2) is 0 Å². The van der Waals surface area contributed by atoms with Crippen LogP contribution in [0.4, 0.5) is 0 Å². The second kappa shape index (κ2) is 0.698. The number of hydroxylamine groups is 2. The summed E-state index contributed by atoms with van der Waals surface area (Å²) in [5.74, 6) is 0. The summed E-state index contributed by atoms with van der Waals surface area (Å²) in [5.41, 5.74) is 0. The van der Waals surface area contributed by atoms with Gasteiger partial charge in [0, 0.05) is 12.6 Å². The topological polar surface area (TPSA) is 26.1 Å². The fourth-order valence-electron chi connectivity index (χ4n) is 0.213. The van der Waals surface area contributed by atoms with Gasteiger partial charge >= 0.3 is 0 Å². The maximum absolute atomic E-state index is 9.80. The number of hydrogen-bond acceptors (Lipinski definition) is 2. The molecule has 2 atom stereocenters. The van der Waals surface area contributed by atoms with Crippen molar-refractivity contribution in [1.82, 2.24) is 5.06 Å². The summed E-state index contributed by atoms with van der Waals surface area (Å²) in [7, 11) is 0. The minimum atomic E-state index is 0.329. The summed E-state index contributed by atoms with van der Waals surface area (Å²) >= 11 is 0. The quantitative estimate of drug-likeness (QED) is 0.382. The monoisotopic (exact) mass is 72.0 g/mol. The smallest absolute Gasteiger partial charge is 0.00660 e.